The predicted molar refractivity (Wildman–Crippen MR) is 69.3 cm³/mol. The van der Waals surface area contributed by atoms with Crippen LogP contribution in [0.5, 0.6) is 5.75 Å². The first-order valence-corrected chi connectivity index (χ1v) is 5.98. The Bertz CT molecular complexity index is 572. The van der Waals surface area contributed by atoms with Crippen molar-refractivity contribution in [1.82, 2.24) is 10.3 Å². The first kappa shape index (κ1) is 13.1. The van der Waals surface area contributed by atoms with Gasteiger partial charge in [0, 0.05) is 6.54 Å². The van der Waals surface area contributed by atoms with Gasteiger partial charge in [0.1, 0.15) is 17.6 Å². The number of benzene rings is 1. The number of oxazole rings is 1. The Hall–Kier alpha value is -2.32. The van der Waals surface area contributed by atoms with Crippen molar-refractivity contribution in [1.29, 1.82) is 5.26 Å². The summed E-state index contributed by atoms with van der Waals surface area (Å²) in [6.07, 6.45) is 1.70. The van der Waals surface area contributed by atoms with Gasteiger partial charge in [-0.3, -0.25) is 0 Å². The number of aryl methyl sites for hydroxylation is 1. The van der Waals surface area contributed by atoms with Crippen molar-refractivity contribution in [2.75, 3.05) is 6.61 Å². The molecule has 0 bridgehead atoms. The molecule has 1 aromatic heterocycles. The number of ether oxygens (including phenoxy) is 1. The van der Waals surface area contributed by atoms with Crippen LogP contribution < -0.4 is 10.1 Å². The van der Waals surface area contributed by atoms with Crippen LogP contribution in [-0.2, 0) is 13.1 Å². The summed E-state index contributed by atoms with van der Waals surface area (Å²) in [7, 11) is 0. The summed E-state index contributed by atoms with van der Waals surface area (Å²) in [5.74, 6) is 2.19. The fraction of sp³-hybridized carbons (Fsp3) is 0.286. The van der Waals surface area contributed by atoms with Crippen LogP contribution in [0.1, 0.15) is 17.2 Å². The lowest BCUT2D eigenvalue weighted by molar-refractivity contribution is 0.367. The first-order chi connectivity index (χ1) is 9.28. The largest absolute Gasteiger partial charge is 0.479 e. The number of nitrogens with zero attached hydrogens (tertiary/aromatic N) is 2. The van der Waals surface area contributed by atoms with E-state index in [1.165, 1.54) is 0 Å². The molecular formula is C14H15N3O2. The van der Waals surface area contributed by atoms with Crippen LogP contribution in [0.25, 0.3) is 0 Å². The zero-order valence-corrected chi connectivity index (χ0v) is 10.7. The molecule has 1 heterocycles. The molecule has 1 aromatic carbocycles. The minimum Gasteiger partial charge on any atom is -0.479 e. The van der Waals surface area contributed by atoms with Gasteiger partial charge in [0.05, 0.1) is 12.7 Å². The Labute approximate surface area is 111 Å². The topological polar surface area (TPSA) is 71.1 Å². The molecule has 0 amide bonds. The summed E-state index contributed by atoms with van der Waals surface area (Å²) in [4.78, 5) is 4.12. The number of hydrogen-bond acceptors (Lipinski definition) is 5. The number of rotatable bonds is 6. The Morgan fingerprint density at radius 2 is 2.32 bits per heavy atom. The van der Waals surface area contributed by atoms with Crippen molar-refractivity contribution in [2.24, 2.45) is 0 Å². The fourth-order valence-electron chi connectivity index (χ4n) is 1.66. The predicted octanol–water partition coefficient (Wildman–Crippen LogP) is 2.18. The van der Waals surface area contributed by atoms with Gasteiger partial charge in [-0.15, -0.1) is 0 Å². The molecule has 0 saturated heterocycles. The Morgan fingerprint density at radius 1 is 1.42 bits per heavy atom. The van der Waals surface area contributed by atoms with Gasteiger partial charge < -0.3 is 14.5 Å². The molecule has 0 radical (unpaired) electrons. The highest BCUT2D eigenvalue weighted by Crippen LogP contribution is 2.13. The third-order valence-corrected chi connectivity index (χ3v) is 2.48. The highest BCUT2D eigenvalue weighted by atomic mass is 16.5. The lowest BCUT2D eigenvalue weighted by Crippen LogP contribution is -2.12. The van der Waals surface area contributed by atoms with E-state index < -0.39 is 0 Å². The number of nitrogens with one attached hydrogen (secondary N) is 1. The molecule has 2 aromatic rings. The summed E-state index contributed by atoms with van der Waals surface area (Å²) >= 11 is 0. The van der Waals surface area contributed by atoms with Gasteiger partial charge in [0.15, 0.2) is 6.61 Å². The van der Waals surface area contributed by atoms with Crippen molar-refractivity contribution in [3.05, 3.63) is 47.7 Å². The maximum atomic E-state index is 8.46. The third-order valence-electron chi connectivity index (χ3n) is 2.48. The number of hydrogen-bond donors (Lipinski definition) is 1. The van der Waals surface area contributed by atoms with Gasteiger partial charge in [-0.05, 0) is 24.6 Å². The normalized spacial score (nSPS) is 10.1. The highest BCUT2D eigenvalue weighted by molar-refractivity contribution is 5.28. The first-order valence-electron chi connectivity index (χ1n) is 5.98. The minimum atomic E-state index is 0.0620. The van der Waals surface area contributed by atoms with Crippen LogP contribution in [-0.4, -0.2) is 11.6 Å². The van der Waals surface area contributed by atoms with E-state index in [0.717, 1.165) is 11.3 Å². The molecule has 0 aliphatic carbocycles. The van der Waals surface area contributed by atoms with Crippen molar-refractivity contribution in [2.45, 2.75) is 20.0 Å². The molecule has 0 atom stereocenters. The highest BCUT2D eigenvalue weighted by Gasteiger charge is 2.01. The van der Waals surface area contributed by atoms with Gasteiger partial charge in [-0.2, -0.15) is 5.26 Å². The van der Waals surface area contributed by atoms with Crippen LogP contribution in [0.2, 0.25) is 0 Å². The van der Waals surface area contributed by atoms with Crippen LogP contribution in [0.3, 0.4) is 0 Å². The molecule has 0 unspecified atom stereocenters. The second-order valence-electron chi connectivity index (χ2n) is 4.06. The number of nitriles is 1. The average molecular weight is 257 g/mol. The van der Waals surface area contributed by atoms with E-state index in [9.17, 15) is 0 Å². The summed E-state index contributed by atoms with van der Waals surface area (Å²) in [6.45, 7) is 3.20. The number of aromatic nitrogens is 1. The monoisotopic (exact) mass is 257 g/mol. The Balaban J connectivity index is 1.84. The standard InChI is InChI=1S/C14H15N3O2/c1-11-8-17-14(19-11)10-16-9-12-3-2-4-13(7-12)18-6-5-15/h2-4,7-8,16H,6,9-10H2,1H3. The summed E-state index contributed by atoms with van der Waals surface area (Å²) in [6, 6.07) is 9.58. The van der Waals surface area contributed by atoms with E-state index >= 15 is 0 Å². The van der Waals surface area contributed by atoms with Crippen LogP contribution in [0, 0.1) is 18.3 Å². The Morgan fingerprint density at radius 3 is 3.05 bits per heavy atom. The van der Waals surface area contributed by atoms with Crippen molar-refractivity contribution < 1.29 is 9.15 Å². The van der Waals surface area contributed by atoms with Crippen LogP contribution in [0.4, 0.5) is 0 Å². The van der Waals surface area contributed by atoms with Gasteiger partial charge in [-0.1, -0.05) is 12.1 Å². The van der Waals surface area contributed by atoms with E-state index in [4.69, 9.17) is 14.4 Å². The van der Waals surface area contributed by atoms with Crippen molar-refractivity contribution >= 4 is 0 Å². The molecular weight excluding hydrogens is 242 g/mol. The van der Waals surface area contributed by atoms with Crippen molar-refractivity contribution in [3.63, 3.8) is 0 Å². The van der Waals surface area contributed by atoms with E-state index in [0.29, 0.717) is 24.7 Å². The van der Waals surface area contributed by atoms with E-state index in [2.05, 4.69) is 10.3 Å². The van der Waals surface area contributed by atoms with E-state index in [1.807, 2.05) is 37.3 Å². The van der Waals surface area contributed by atoms with Gasteiger partial charge in [-0.25, -0.2) is 4.98 Å². The Kier molecular flexibility index (Phi) is 4.54. The van der Waals surface area contributed by atoms with Gasteiger partial charge in [0.25, 0.3) is 0 Å². The second kappa shape index (κ2) is 6.57. The molecule has 98 valence electrons. The third kappa shape index (κ3) is 4.12. The zero-order chi connectivity index (χ0) is 13.5. The van der Waals surface area contributed by atoms with E-state index in [1.54, 1.807) is 6.20 Å². The molecule has 0 aliphatic rings. The average Bonchev–Trinajstić information content (AvgIpc) is 2.83. The summed E-state index contributed by atoms with van der Waals surface area (Å²) in [5.41, 5.74) is 1.08. The lowest BCUT2D eigenvalue weighted by atomic mass is 10.2. The fourth-order valence-corrected chi connectivity index (χ4v) is 1.66. The maximum Gasteiger partial charge on any atom is 0.208 e. The molecule has 2 rings (SSSR count). The molecule has 19 heavy (non-hydrogen) atoms. The van der Waals surface area contributed by atoms with Crippen molar-refractivity contribution in [3.8, 4) is 11.8 Å². The van der Waals surface area contributed by atoms with Gasteiger partial charge in [0.2, 0.25) is 5.89 Å². The molecule has 0 spiro atoms. The molecule has 5 heteroatoms. The van der Waals surface area contributed by atoms with Gasteiger partial charge >= 0.3 is 0 Å². The minimum absolute atomic E-state index is 0.0620. The molecule has 5 nitrogen and oxygen atoms in total. The van der Waals surface area contributed by atoms with E-state index in [-0.39, 0.29) is 6.61 Å². The SMILES string of the molecule is Cc1cnc(CNCc2cccc(OCC#N)c2)o1. The lowest BCUT2D eigenvalue weighted by Gasteiger charge is -2.05. The molecule has 0 aliphatic heterocycles. The van der Waals surface area contributed by atoms with Crippen LogP contribution >= 0.6 is 0 Å². The van der Waals surface area contributed by atoms with Crippen LogP contribution in [0.15, 0.2) is 34.9 Å². The quantitative estimate of drug-likeness (QED) is 0.858. The summed E-state index contributed by atoms with van der Waals surface area (Å²) < 4.78 is 10.6. The maximum absolute atomic E-state index is 8.46. The molecule has 0 fully saturated rings. The second-order valence-corrected chi connectivity index (χ2v) is 4.06. The smallest absolute Gasteiger partial charge is 0.208 e. The molecule has 1 N–H and O–H groups in total. The zero-order valence-electron chi connectivity index (χ0n) is 10.7. The molecule has 0 saturated carbocycles. The summed E-state index contributed by atoms with van der Waals surface area (Å²) in [5, 5.41) is 11.7.